The number of nitrogen functional groups attached to an aromatic ring is 1. The molecule has 3 aromatic rings. The van der Waals surface area contributed by atoms with E-state index >= 15 is 0 Å². The Hall–Kier alpha value is -3.47. The van der Waals surface area contributed by atoms with E-state index in [2.05, 4.69) is 34.0 Å². The fourth-order valence-corrected chi connectivity index (χ4v) is 2.71. The molecule has 1 heterocycles. The van der Waals surface area contributed by atoms with Crippen LogP contribution in [-0.4, -0.2) is 16.8 Å². The van der Waals surface area contributed by atoms with Crippen LogP contribution in [0.15, 0.2) is 85.2 Å². The summed E-state index contributed by atoms with van der Waals surface area (Å²) in [6.45, 7) is 3.84. The molecule has 0 radical (unpaired) electrons. The normalized spacial score (nSPS) is 11.2. The third-order valence-electron chi connectivity index (χ3n) is 4.16. The maximum atomic E-state index is 5.95. The smallest absolute Gasteiger partial charge is 0.121 e. The molecule has 0 atom stereocenters. The Morgan fingerprint density at radius 1 is 1.15 bits per heavy atom. The van der Waals surface area contributed by atoms with Crippen molar-refractivity contribution < 1.29 is 0 Å². The van der Waals surface area contributed by atoms with Crippen LogP contribution < -0.4 is 16.0 Å². The Balaban J connectivity index is 1.96. The molecule has 2 aromatic carbocycles. The number of para-hydroxylation sites is 2. The molecule has 5 heteroatoms. The number of aromatic nitrogens is 2. The van der Waals surface area contributed by atoms with E-state index in [4.69, 9.17) is 5.73 Å². The lowest BCUT2D eigenvalue weighted by atomic mass is 10.1. The van der Waals surface area contributed by atoms with Gasteiger partial charge in [-0.05, 0) is 24.3 Å². The predicted molar refractivity (Wildman–Crippen MR) is 110 cm³/mol. The van der Waals surface area contributed by atoms with Crippen LogP contribution in [0.25, 0.3) is 11.3 Å². The Labute approximate surface area is 154 Å². The van der Waals surface area contributed by atoms with Crippen molar-refractivity contribution in [1.82, 2.24) is 9.78 Å². The number of nitrogens with two attached hydrogens (primary N) is 1. The second-order valence-electron chi connectivity index (χ2n) is 5.93. The summed E-state index contributed by atoms with van der Waals surface area (Å²) in [6.07, 6.45) is 3.71. The highest BCUT2D eigenvalue weighted by Crippen LogP contribution is 2.30. The lowest BCUT2D eigenvalue weighted by molar-refractivity contribution is 0.782. The first-order chi connectivity index (χ1) is 12.6. The number of hydrogen-bond acceptors (Lipinski definition) is 4. The van der Waals surface area contributed by atoms with Gasteiger partial charge in [0.15, 0.2) is 0 Å². The Morgan fingerprint density at radius 2 is 1.85 bits per heavy atom. The molecule has 26 heavy (non-hydrogen) atoms. The fourth-order valence-electron chi connectivity index (χ4n) is 2.71. The molecule has 0 aliphatic carbocycles. The van der Waals surface area contributed by atoms with Gasteiger partial charge in [0.1, 0.15) is 11.6 Å². The largest absolute Gasteiger partial charge is 0.384 e. The first kappa shape index (κ1) is 17.4. The molecule has 0 saturated carbocycles. The minimum atomic E-state index is 0.623. The first-order valence-corrected chi connectivity index (χ1v) is 8.37. The third-order valence-corrected chi connectivity index (χ3v) is 4.16. The summed E-state index contributed by atoms with van der Waals surface area (Å²) in [4.78, 5) is 2.07. The number of benzene rings is 2. The van der Waals surface area contributed by atoms with Crippen LogP contribution >= 0.6 is 0 Å². The van der Waals surface area contributed by atoms with Gasteiger partial charge in [-0.1, -0.05) is 49.1 Å². The molecule has 0 aliphatic heterocycles. The fraction of sp³-hybridized carbons (Fsp3) is 0.0952. The Bertz CT molecular complexity index is 905. The summed E-state index contributed by atoms with van der Waals surface area (Å²) < 4.78 is 1.67. The molecule has 132 valence electrons. The summed E-state index contributed by atoms with van der Waals surface area (Å²) in [5, 5.41) is 8.00. The summed E-state index contributed by atoms with van der Waals surface area (Å²) in [5.74, 6) is 1.53. The van der Waals surface area contributed by atoms with Gasteiger partial charge < -0.3 is 16.0 Å². The van der Waals surface area contributed by atoms with E-state index < -0.39 is 0 Å². The second kappa shape index (κ2) is 7.61. The van der Waals surface area contributed by atoms with Crippen LogP contribution in [0, 0.1) is 0 Å². The molecule has 0 spiro atoms. The predicted octanol–water partition coefficient (Wildman–Crippen LogP) is 4.25. The van der Waals surface area contributed by atoms with E-state index in [1.54, 1.807) is 10.8 Å². The number of nitrogens with one attached hydrogen (secondary N) is 1. The molecule has 0 saturated heterocycles. The molecule has 0 unspecified atom stereocenters. The molecule has 3 N–H and O–H groups in total. The maximum absolute atomic E-state index is 5.95. The standard InChI is InChI=1S/C21H23N5/c1-4-10-21(25(2)16-11-6-5-7-12-16)23-18-14-9-8-13-17(18)19-15-20(22)26(3)24-19/h4-15,23H,1,22H2,2-3H3/b21-10-. The zero-order valence-electron chi connectivity index (χ0n) is 15.1. The van der Waals surface area contributed by atoms with Crippen LogP contribution in [-0.2, 0) is 7.05 Å². The van der Waals surface area contributed by atoms with Gasteiger partial charge >= 0.3 is 0 Å². The number of allylic oxidation sites excluding steroid dienone is 2. The molecular weight excluding hydrogens is 322 g/mol. The first-order valence-electron chi connectivity index (χ1n) is 8.37. The van der Waals surface area contributed by atoms with E-state index in [0.29, 0.717) is 5.82 Å². The SMILES string of the molecule is C=C/C=C(/Nc1ccccc1-c1cc(N)n(C)n1)N(C)c1ccccc1. The van der Waals surface area contributed by atoms with Crippen molar-refractivity contribution in [3.8, 4) is 11.3 Å². The molecule has 0 fully saturated rings. The average molecular weight is 345 g/mol. The molecule has 0 bridgehead atoms. The number of nitrogens with zero attached hydrogens (tertiary/aromatic N) is 3. The van der Waals surface area contributed by atoms with Gasteiger partial charge in [-0.3, -0.25) is 4.68 Å². The van der Waals surface area contributed by atoms with Crippen molar-refractivity contribution >= 4 is 17.2 Å². The maximum Gasteiger partial charge on any atom is 0.121 e. The summed E-state index contributed by atoms with van der Waals surface area (Å²) in [5.41, 5.74) is 9.78. The minimum Gasteiger partial charge on any atom is -0.384 e. The van der Waals surface area contributed by atoms with Crippen molar-refractivity contribution in [1.29, 1.82) is 0 Å². The molecule has 0 amide bonds. The number of aryl methyl sites for hydroxylation is 1. The van der Waals surface area contributed by atoms with Crippen LogP contribution in [0.4, 0.5) is 17.2 Å². The van der Waals surface area contributed by atoms with Gasteiger partial charge in [-0.15, -0.1) is 0 Å². The Morgan fingerprint density at radius 3 is 2.50 bits per heavy atom. The van der Waals surface area contributed by atoms with Gasteiger partial charge in [0, 0.05) is 37.1 Å². The van der Waals surface area contributed by atoms with Gasteiger partial charge in [0.05, 0.1) is 5.69 Å². The highest BCUT2D eigenvalue weighted by atomic mass is 15.3. The summed E-state index contributed by atoms with van der Waals surface area (Å²) in [6, 6.07) is 20.1. The Kier molecular flexibility index (Phi) is 5.08. The van der Waals surface area contributed by atoms with Gasteiger partial charge in [0.25, 0.3) is 0 Å². The van der Waals surface area contributed by atoms with Crippen molar-refractivity contribution in [2.45, 2.75) is 0 Å². The quantitative estimate of drug-likeness (QED) is 0.656. The number of rotatable bonds is 6. The van der Waals surface area contributed by atoms with Crippen LogP contribution in [0.3, 0.4) is 0 Å². The van der Waals surface area contributed by atoms with Crippen LogP contribution in [0.1, 0.15) is 0 Å². The molecule has 1 aromatic heterocycles. The van der Waals surface area contributed by atoms with Gasteiger partial charge in [-0.25, -0.2) is 0 Å². The van der Waals surface area contributed by atoms with E-state index in [0.717, 1.165) is 28.5 Å². The molecule has 5 nitrogen and oxygen atoms in total. The van der Waals surface area contributed by atoms with Gasteiger partial charge in [0.2, 0.25) is 0 Å². The number of anilines is 3. The van der Waals surface area contributed by atoms with E-state index in [1.807, 2.05) is 68.7 Å². The monoisotopic (exact) mass is 345 g/mol. The van der Waals surface area contributed by atoms with Crippen molar-refractivity contribution in [3.63, 3.8) is 0 Å². The topological polar surface area (TPSA) is 59.1 Å². The highest BCUT2D eigenvalue weighted by Gasteiger charge is 2.12. The zero-order chi connectivity index (χ0) is 18.5. The summed E-state index contributed by atoms with van der Waals surface area (Å²) in [7, 11) is 3.85. The molecule has 0 aliphatic rings. The molecular formula is C21H23N5. The lowest BCUT2D eigenvalue weighted by Gasteiger charge is -2.24. The van der Waals surface area contributed by atoms with E-state index in [-0.39, 0.29) is 0 Å². The second-order valence-corrected chi connectivity index (χ2v) is 5.93. The third kappa shape index (κ3) is 3.62. The van der Waals surface area contributed by atoms with Crippen molar-refractivity contribution in [2.75, 3.05) is 23.0 Å². The van der Waals surface area contributed by atoms with E-state index in [9.17, 15) is 0 Å². The summed E-state index contributed by atoms with van der Waals surface area (Å²) >= 11 is 0. The number of hydrogen-bond donors (Lipinski definition) is 2. The lowest BCUT2D eigenvalue weighted by Crippen LogP contribution is -2.22. The minimum absolute atomic E-state index is 0.623. The molecule has 3 rings (SSSR count). The van der Waals surface area contributed by atoms with Crippen LogP contribution in [0.5, 0.6) is 0 Å². The zero-order valence-corrected chi connectivity index (χ0v) is 15.1. The van der Waals surface area contributed by atoms with E-state index in [1.165, 1.54) is 0 Å². The average Bonchev–Trinajstić information content (AvgIpc) is 3.00. The highest BCUT2D eigenvalue weighted by molar-refractivity contribution is 5.78. The van der Waals surface area contributed by atoms with Crippen molar-refractivity contribution in [3.05, 3.63) is 85.2 Å². The van der Waals surface area contributed by atoms with Crippen molar-refractivity contribution in [2.24, 2.45) is 7.05 Å². The van der Waals surface area contributed by atoms with Gasteiger partial charge in [-0.2, -0.15) is 5.10 Å². The van der Waals surface area contributed by atoms with Crippen LogP contribution in [0.2, 0.25) is 0 Å².